The van der Waals surface area contributed by atoms with Crippen LogP contribution in [0, 0.1) is 10.1 Å². The van der Waals surface area contributed by atoms with Crippen molar-refractivity contribution in [1.29, 1.82) is 0 Å². The topological polar surface area (TPSA) is 101 Å². The van der Waals surface area contributed by atoms with Gasteiger partial charge in [-0.1, -0.05) is 36.4 Å². The SMILES string of the molecule is O=C(Nc1ccc(SC(C(=O)Nc2ccc([N+](=O)[O-])cc2)c2ccccc2)cc1)c1cccs1. The molecule has 0 saturated heterocycles. The Morgan fingerprint density at radius 2 is 1.47 bits per heavy atom. The van der Waals surface area contributed by atoms with Gasteiger partial charge >= 0.3 is 0 Å². The van der Waals surface area contributed by atoms with Crippen LogP contribution in [0.3, 0.4) is 0 Å². The van der Waals surface area contributed by atoms with Crippen LogP contribution in [0.4, 0.5) is 17.1 Å². The van der Waals surface area contributed by atoms with Gasteiger partial charge in [-0.25, -0.2) is 0 Å². The van der Waals surface area contributed by atoms with E-state index in [1.54, 1.807) is 18.2 Å². The van der Waals surface area contributed by atoms with Gasteiger partial charge in [0.25, 0.3) is 11.6 Å². The highest BCUT2D eigenvalue weighted by atomic mass is 32.2. The molecule has 1 heterocycles. The predicted molar refractivity (Wildman–Crippen MR) is 135 cm³/mol. The van der Waals surface area contributed by atoms with Gasteiger partial charge in [0.15, 0.2) is 0 Å². The van der Waals surface area contributed by atoms with E-state index in [0.717, 1.165) is 10.5 Å². The van der Waals surface area contributed by atoms with Crippen LogP contribution in [0.2, 0.25) is 0 Å². The first-order valence-corrected chi connectivity index (χ1v) is 12.0. The monoisotopic (exact) mass is 489 g/mol. The molecule has 0 aliphatic carbocycles. The number of hydrogen-bond donors (Lipinski definition) is 2. The molecular weight excluding hydrogens is 470 g/mol. The van der Waals surface area contributed by atoms with E-state index in [0.29, 0.717) is 16.3 Å². The first kappa shape index (κ1) is 23.2. The Balaban J connectivity index is 1.48. The maximum absolute atomic E-state index is 13.2. The lowest BCUT2D eigenvalue weighted by atomic mass is 10.1. The van der Waals surface area contributed by atoms with Crippen LogP contribution >= 0.6 is 23.1 Å². The molecule has 0 radical (unpaired) electrons. The number of hydrogen-bond acceptors (Lipinski definition) is 6. The van der Waals surface area contributed by atoms with Crippen molar-refractivity contribution in [1.82, 2.24) is 0 Å². The summed E-state index contributed by atoms with van der Waals surface area (Å²) in [5.41, 5.74) is 1.92. The molecule has 7 nitrogen and oxygen atoms in total. The van der Waals surface area contributed by atoms with Crippen LogP contribution in [-0.4, -0.2) is 16.7 Å². The van der Waals surface area contributed by atoms with Crippen LogP contribution in [0.15, 0.2) is 101 Å². The van der Waals surface area contributed by atoms with E-state index in [2.05, 4.69) is 10.6 Å². The van der Waals surface area contributed by atoms with Crippen molar-refractivity contribution in [2.75, 3.05) is 10.6 Å². The van der Waals surface area contributed by atoms with Crippen molar-refractivity contribution >= 4 is 52.0 Å². The Bertz CT molecular complexity index is 1280. The lowest BCUT2D eigenvalue weighted by Crippen LogP contribution is -2.19. The fraction of sp³-hybridized carbons (Fsp3) is 0.0400. The van der Waals surface area contributed by atoms with Gasteiger partial charge < -0.3 is 10.6 Å². The largest absolute Gasteiger partial charge is 0.325 e. The Kier molecular flexibility index (Phi) is 7.36. The second-order valence-corrected chi connectivity index (χ2v) is 9.28. The first-order chi connectivity index (χ1) is 16.5. The van der Waals surface area contributed by atoms with E-state index in [4.69, 9.17) is 0 Å². The molecule has 2 amide bonds. The quantitative estimate of drug-likeness (QED) is 0.170. The lowest BCUT2D eigenvalue weighted by molar-refractivity contribution is -0.384. The summed E-state index contributed by atoms with van der Waals surface area (Å²) in [5.74, 6) is -0.417. The van der Waals surface area contributed by atoms with E-state index >= 15 is 0 Å². The molecular formula is C25H19N3O4S2. The number of nitro groups is 1. The summed E-state index contributed by atoms with van der Waals surface area (Å²) in [4.78, 5) is 37.3. The zero-order chi connectivity index (χ0) is 23.9. The van der Waals surface area contributed by atoms with Gasteiger partial charge in [-0.05, 0) is 53.4 Å². The molecule has 0 fully saturated rings. The molecule has 2 N–H and O–H groups in total. The second-order valence-electron chi connectivity index (χ2n) is 7.16. The van der Waals surface area contributed by atoms with Crippen LogP contribution < -0.4 is 10.6 Å². The van der Waals surface area contributed by atoms with Gasteiger partial charge in [-0.15, -0.1) is 23.1 Å². The van der Waals surface area contributed by atoms with Crippen molar-refractivity contribution in [2.45, 2.75) is 10.1 Å². The molecule has 0 spiro atoms. The van der Waals surface area contributed by atoms with Gasteiger partial charge in [0, 0.05) is 28.4 Å². The molecule has 1 aromatic heterocycles. The predicted octanol–water partition coefficient (Wildman–Crippen LogP) is 6.38. The summed E-state index contributed by atoms with van der Waals surface area (Å²) in [6.07, 6.45) is 0. The van der Waals surface area contributed by atoms with Gasteiger partial charge in [0.2, 0.25) is 5.91 Å². The number of thioether (sulfide) groups is 1. The van der Waals surface area contributed by atoms with Gasteiger partial charge in [0.05, 0.1) is 9.80 Å². The number of amides is 2. The maximum Gasteiger partial charge on any atom is 0.269 e. The Morgan fingerprint density at radius 1 is 0.824 bits per heavy atom. The normalized spacial score (nSPS) is 11.4. The molecule has 0 bridgehead atoms. The number of carbonyl (C=O) groups excluding carboxylic acids is 2. The first-order valence-electron chi connectivity index (χ1n) is 10.2. The van der Waals surface area contributed by atoms with Crippen molar-refractivity contribution in [3.63, 3.8) is 0 Å². The standard InChI is InChI=1S/C25H19N3O4S2/c29-24(22-7-4-16-33-22)26-19-10-14-21(15-11-19)34-23(17-5-2-1-3-6-17)25(30)27-18-8-12-20(13-9-18)28(31)32/h1-16,23H,(H,26,29)(H,27,30). The molecule has 1 unspecified atom stereocenters. The Morgan fingerprint density at radius 3 is 2.09 bits per heavy atom. The molecule has 0 saturated carbocycles. The lowest BCUT2D eigenvalue weighted by Gasteiger charge is -2.17. The zero-order valence-corrected chi connectivity index (χ0v) is 19.3. The van der Waals surface area contributed by atoms with Crippen LogP contribution in [-0.2, 0) is 4.79 Å². The molecule has 0 aliphatic heterocycles. The van der Waals surface area contributed by atoms with Crippen LogP contribution in [0.5, 0.6) is 0 Å². The highest BCUT2D eigenvalue weighted by Gasteiger charge is 2.22. The third kappa shape index (κ3) is 5.89. The van der Waals surface area contributed by atoms with Crippen molar-refractivity contribution in [3.8, 4) is 0 Å². The molecule has 170 valence electrons. The number of thiophene rings is 1. The molecule has 4 aromatic rings. The van der Waals surface area contributed by atoms with Crippen molar-refractivity contribution in [2.24, 2.45) is 0 Å². The average molecular weight is 490 g/mol. The van der Waals surface area contributed by atoms with E-state index in [1.165, 1.54) is 47.4 Å². The molecule has 0 aliphatic rings. The number of non-ortho nitro benzene ring substituents is 1. The number of carbonyl (C=O) groups is 2. The summed E-state index contributed by atoms with van der Waals surface area (Å²) in [6, 6.07) is 26.0. The molecule has 4 rings (SSSR count). The fourth-order valence-electron chi connectivity index (χ4n) is 3.13. The van der Waals surface area contributed by atoms with Crippen LogP contribution in [0.1, 0.15) is 20.5 Å². The number of rotatable bonds is 8. The summed E-state index contributed by atoms with van der Waals surface area (Å²) in [5, 5.41) is 17.9. The molecule has 34 heavy (non-hydrogen) atoms. The number of nitrogens with one attached hydrogen (secondary N) is 2. The minimum atomic E-state index is -0.553. The van der Waals surface area contributed by atoms with E-state index < -0.39 is 10.2 Å². The van der Waals surface area contributed by atoms with E-state index in [-0.39, 0.29) is 17.5 Å². The maximum atomic E-state index is 13.2. The fourth-order valence-corrected chi connectivity index (χ4v) is 4.77. The minimum absolute atomic E-state index is 0.0433. The number of nitrogens with zero attached hydrogens (tertiary/aromatic N) is 1. The van der Waals surface area contributed by atoms with Crippen molar-refractivity contribution < 1.29 is 14.5 Å². The summed E-state index contributed by atoms with van der Waals surface area (Å²) in [6.45, 7) is 0. The van der Waals surface area contributed by atoms with E-state index in [9.17, 15) is 19.7 Å². The van der Waals surface area contributed by atoms with Crippen molar-refractivity contribution in [3.05, 3.63) is 117 Å². The highest BCUT2D eigenvalue weighted by molar-refractivity contribution is 8.00. The summed E-state index contributed by atoms with van der Waals surface area (Å²) >= 11 is 2.74. The van der Waals surface area contributed by atoms with Gasteiger partial charge in [-0.2, -0.15) is 0 Å². The summed E-state index contributed by atoms with van der Waals surface area (Å²) < 4.78 is 0. The zero-order valence-electron chi connectivity index (χ0n) is 17.7. The second kappa shape index (κ2) is 10.8. The summed E-state index contributed by atoms with van der Waals surface area (Å²) in [7, 11) is 0. The molecule has 1 atom stereocenters. The number of benzene rings is 3. The highest BCUT2D eigenvalue weighted by Crippen LogP contribution is 2.37. The van der Waals surface area contributed by atoms with E-state index in [1.807, 2.05) is 53.9 Å². The third-order valence-electron chi connectivity index (χ3n) is 4.80. The Hall–Kier alpha value is -3.95. The average Bonchev–Trinajstić information content (AvgIpc) is 3.40. The Labute approximate surface area is 204 Å². The minimum Gasteiger partial charge on any atom is -0.325 e. The van der Waals surface area contributed by atoms with Gasteiger partial charge in [0.1, 0.15) is 5.25 Å². The number of nitro benzene ring substituents is 1. The number of anilines is 2. The van der Waals surface area contributed by atoms with Crippen LogP contribution in [0.25, 0.3) is 0 Å². The smallest absolute Gasteiger partial charge is 0.269 e. The molecule has 3 aromatic carbocycles. The molecule has 9 heteroatoms. The third-order valence-corrected chi connectivity index (χ3v) is 6.93. The van der Waals surface area contributed by atoms with Gasteiger partial charge in [-0.3, -0.25) is 19.7 Å².